The van der Waals surface area contributed by atoms with E-state index in [-0.39, 0.29) is 17.6 Å². The van der Waals surface area contributed by atoms with Crippen molar-refractivity contribution in [3.63, 3.8) is 0 Å². The second kappa shape index (κ2) is 10.5. The first-order chi connectivity index (χ1) is 15.5. The van der Waals surface area contributed by atoms with E-state index in [1.54, 1.807) is 0 Å². The number of benzene rings is 1. The van der Waals surface area contributed by atoms with Crippen LogP contribution in [-0.4, -0.2) is 13.1 Å². The number of ether oxygens (including phenoxy) is 2. The quantitative estimate of drug-likeness (QED) is 0.338. The lowest BCUT2D eigenvalue weighted by molar-refractivity contribution is -0.140. The summed E-state index contributed by atoms with van der Waals surface area (Å²) in [5.41, 5.74) is 0. The Morgan fingerprint density at radius 3 is 2.06 bits per heavy atom. The molecule has 1 aromatic carbocycles. The summed E-state index contributed by atoms with van der Waals surface area (Å²) < 4.78 is 37.8. The number of methoxy groups -OCH3 is 1. The molecule has 3 aliphatic rings. The summed E-state index contributed by atoms with van der Waals surface area (Å²) in [5.74, 6) is 1.53. The van der Waals surface area contributed by atoms with Crippen LogP contribution in [0.5, 0.6) is 11.5 Å². The molecule has 3 saturated carbocycles. The Morgan fingerprint density at radius 1 is 0.875 bits per heavy atom. The molecule has 0 radical (unpaired) electrons. The van der Waals surface area contributed by atoms with Gasteiger partial charge in [-0.2, -0.15) is 0 Å². The van der Waals surface area contributed by atoms with Gasteiger partial charge in [0.1, 0.15) is 5.75 Å². The Kier molecular flexibility index (Phi) is 7.73. The zero-order chi connectivity index (χ0) is 22.7. The number of halogens is 2. The Hall–Kier alpha value is -1.65. The third kappa shape index (κ3) is 5.28. The van der Waals surface area contributed by atoms with E-state index < -0.39 is 17.4 Å². The van der Waals surface area contributed by atoms with Crippen molar-refractivity contribution in [1.82, 2.24) is 0 Å². The van der Waals surface area contributed by atoms with Crippen molar-refractivity contribution in [3.8, 4) is 11.5 Å². The number of hydrogen-bond donors (Lipinski definition) is 0. The Morgan fingerprint density at radius 2 is 1.44 bits per heavy atom. The van der Waals surface area contributed by atoms with Crippen molar-refractivity contribution in [2.75, 3.05) is 7.11 Å². The van der Waals surface area contributed by atoms with Crippen molar-refractivity contribution >= 4 is 5.97 Å². The van der Waals surface area contributed by atoms with E-state index in [4.69, 9.17) is 4.74 Å². The van der Waals surface area contributed by atoms with Crippen molar-refractivity contribution in [1.29, 1.82) is 0 Å². The largest absolute Gasteiger partial charge is 0.491 e. The summed E-state index contributed by atoms with van der Waals surface area (Å²) in [6, 6.07) is 2.03. The van der Waals surface area contributed by atoms with Crippen LogP contribution >= 0.6 is 0 Å². The van der Waals surface area contributed by atoms with Gasteiger partial charge in [-0.1, -0.05) is 26.2 Å². The molecule has 0 aromatic heterocycles. The first-order valence-corrected chi connectivity index (χ1v) is 12.7. The molecule has 0 aliphatic heterocycles. The average Bonchev–Trinajstić information content (AvgIpc) is 2.79. The van der Waals surface area contributed by atoms with E-state index in [1.807, 2.05) is 0 Å². The van der Waals surface area contributed by atoms with Gasteiger partial charge in [0.25, 0.3) is 0 Å². The summed E-state index contributed by atoms with van der Waals surface area (Å²) in [6.45, 7) is 2.31. The lowest BCUT2D eigenvalue weighted by Crippen LogP contribution is -2.35. The third-order valence-electron chi connectivity index (χ3n) is 8.63. The maximum atomic E-state index is 13.9. The van der Waals surface area contributed by atoms with Crippen LogP contribution in [0, 0.1) is 47.1 Å². The van der Waals surface area contributed by atoms with Crippen molar-refractivity contribution in [2.45, 2.75) is 84.0 Å². The zero-order valence-electron chi connectivity index (χ0n) is 19.6. The minimum atomic E-state index is -0.863. The van der Waals surface area contributed by atoms with E-state index >= 15 is 0 Å². The molecule has 1 aromatic rings. The van der Waals surface area contributed by atoms with Crippen LogP contribution in [0.3, 0.4) is 0 Å². The maximum Gasteiger partial charge on any atom is 0.314 e. The molecule has 32 heavy (non-hydrogen) atoms. The molecule has 4 unspecified atom stereocenters. The molecule has 4 atom stereocenters. The fourth-order valence-electron chi connectivity index (χ4n) is 6.94. The van der Waals surface area contributed by atoms with Gasteiger partial charge in [-0.25, -0.2) is 8.78 Å². The number of carbonyl (C=O) groups is 1. The fourth-order valence-corrected chi connectivity index (χ4v) is 6.94. The van der Waals surface area contributed by atoms with E-state index in [0.29, 0.717) is 5.92 Å². The van der Waals surface area contributed by atoms with Crippen LogP contribution in [0.2, 0.25) is 0 Å². The molecule has 3 aliphatic carbocycles. The van der Waals surface area contributed by atoms with Crippen molar-refractivity contribution < 1.29 is 23.0 Å². The Labute approximate surface area is 191 Å². The van der Waals surface area contributed by atoms with Crippen molar-refractivity contribution in [2.24, 2.45) is 35.5 Å². The van der Waals surface area contributed by atoms with E-state index in [0.717, 1.165) is 61.5 Å². The minimum absolute atomic E-state index is 0.0927. The van der Waals surface area contributed by atoms with Gasteiger partial charge in [-0.3, -0.25) is 4.79 Å². The fraction of sp³-hybridized carbons (Fsp3) is 0.741. The monoisotopic (exact) mass is 448 g/mol. The van der Waals surface area contributed by atoms with Gasteiger partial charge < -0.3 is 9.47 Å². The predicted molar refractivity (Wildman–Crippen MR) is 121 cm³/mol. The summed E-state index contributed by atoms with van der Waals surface area (Å²) in [7, 11) is 1.20. The topological polar surface area (TPSA) is 35.5 Å². The second-order valence-corrected chi connectivity index (χ2v) is 10.5. The molecule has 0 saturated heterocycles. The molecule has 0 spiro atoms. The van der Waals surface area contributed by atoms with Crippen molar-refractivity contribution in [3.05, 3.63) is 23.8 Å². The molecule has 0 amide bonds. The highest BCUT2D eigenvalue weighted by Gasteiger charge is 2.39. The first-order valence-electron chi connectivity index (χ1n) is 12.7. The molecule has 0 bridgehead atoms. The highest BCUT2D eigenvalue weighted by Crippen LogP contribution is 2.49. The Balaban J connectivity index is 1.25. The predicted octanol–water partition coefficient (Wildman–Crippen LogP) is 7.32. The zero-order valence-corrected chi connectivity index (χ0v) is 19.6. The molecule has 3 nitrogen and oxygen atoms in total. The van der Waals surface area contributed by atoms with Gasteiger partial charge in [-0.15, -0.1) is 0 Å². The van der Waals surface area contributed by atoms with Gasteiger partial charge in [-0.05, 0) is 87.4 Å². The highest BCUT2D eigenvalue weighted by molar-refractivity contribution is 5.75. The molecule has 178 valence electrons. The molecule has 3 fully saturated rings. The van der Waals surface area contributed by atoms with Crippen LogP contribution in [0.1, 0.15) is 84.0 Å². The number of hydrogen-bond acceptors (Lipinski definition) is 3. The average molecular weight is 449 g/mol. The number of esters is 1. The van der Waals surface area contributed by atoms with E-state index in [2.05, 4.69) is 11.7 Å². The summed E-state index contributed by atoms with van der Waals surface area (Å²) >= 11 is 0. The molecule has 5 heteroatoms. The normalized spacial score (nSPS) is 32.8. The third-order valence-corrected chi connectivity index (χ3v) is 8.63. The van der Waals surface area contributed by atoms with Crippen LogP contribution in [0.15, 0.2) is 12.1 Å². The molecule has 0 N–H and O–H groups in total. The number of fused-ring (bicyclic) bond motifs is 1. The van der Waals surface area contributed by atoms with E-state index in [1.165, 1.54) is 58.5 Å². The Bertz CT molecular complexity index is 764. The summed E-state index contributed by atoms with van der Waals surface area (Å²) in [6.07, 6.45) is 14.9. The number of carbonyl (C=O) groups excluding carboxylic acids is 1. The standard InChI is InChI=1S/C27H38F2O3/c1-3-4-17-5-6-22-14-21(12-11-20(22)13-17)18-7-9-19(10-8-18)27(30)32-23-15-24(28)26(31-2)25(29)16-23/h15-22H,3-14H2,1-2H3. The molecule has 0 heterocycles. The van der Waals surface area contributed by atoms with Gasteiger partial charge >= 0.3 is 5.97 Å². The van der Waals surface area contributed by atoms with Crippen LogP contribution in [0.25, 0.3) is 0 Å². The maximum absolute atomic E-state index is 13.9. The lowest BCUT2D eigenvalue weighted by atomic mass is 9.60. The van der Waals surface area contributed by atoms with Gasteiger partial charge in [0, 0.05) is 12.1 Å². The molecule has 4 rings (SSSR count). The van der Waals surface area contributed by atoms with Crippen LogP contribution in [-0.2, 0) is 4.79 Å². The SMILES string of the molecule is CCCC1CCC2CC(C3CCC(C(=O)Oc4cc(F)c(OC)c(F)c4)CC3)CCC2C1. The van der Waals surface area contributed by atoms with Gasteiger partial charge in [0.2, 0.25) is 0 Å². The second-order valence-electron chi connectivity index (χ2n) is 10.5. The van der Waals surface area contributed by atoms with Gasteiger partial charge in [0.05, 0.1) is 13.0 Å². The minimum Gasteiger partial charge on any atom is -0.491 e. The summed E-state index contributed by atoms with van der Waals surface area (Å²) in [5, 5.41) is 0. The van der Waals surface area contributed by atoms with Crippen LogP contribution in [0.4, 0.5) is 8.78 Å². The molecular weight excluding hydrogens is 410 g/mol. The smallest absolute Gasteiger partial charge is 0.314 e. The first kappa shape index (κ1) is 23.5. The number of rotatable bonds is 6. The van der Waals surface area contributed by atoms with Gasteiger partial charge in [0.15, 0.2) is 17.4 Å². The lowest BCUT2D eigenvalue weighted by Gasteiger charge is -2.45. The van der Waals surface area contributed by atoms with Crippen LogP contribution < -0.4 is 9.47 Å². The van der Waals surface area contributed by atoms with E-state index in [9.17, 15) is 13.6 Å². The summed E-state index contributed by atoms with van der Waals surface area (Å²) in [4.78, 5) is 12.6. The molecular formula is C27H38F2O3. The highest BCUT2D eigenvalue weighted by atomic mass is 19.1.